The van der Waals surface area contributed by atoms with E-state index in [1.807, 2.05) is 49.4 Å². The van der Waals surface area contributed by atoms with Crippen LogP contribution in [0.3, 0.4) is 0 Å². The van der Waals surface area contributed by atoms with E-state index in [4.69, 9.17) is 16.2 Å². The molecule has 4 N–H and O–H groups in total. The lowest BCUT2D eigenvalue weighted by Gasteiger charge is -2.09. The van der Waals surface area contributed by atoms with Crippen LogP contribution < -0.4 is 16.2 Å². The quantitative estimate of drug-likeness (QED) is 0.794. The summed E-state index contributed by atoms with van der Waals surface area (Å²) in [6, 6.07) is 13.2. The van der Waals surface area contributed by atoms with Gasteiger partial charge >= 0.3 is 0 Å². The molecule has 0 radical (unpaired) electrons. The van der Waals surface area contributed by atoms with Gasteiger partial charge in [-0.1, -0.05) is 6.07 Å². The second-order valence-corrected chi connectivity index (χ2v) is 4.04. The highest BCUT2D eigenvalue weighted by Gasteiger charge is 2.00. The van der Waals surface area contributed by atoms with E-state index in [2.05, 4.69) is 0 Å². The molecule has 2 aromatic carbocycles. The van der Waals surface area contributed by atoms with Crippen molar-refractivity contribution in [3.8, 4) is 5.75 Å². The fraction of sp³-hybridized carbons (Fsp3) is 0.143. The monoisotopic (exact) mass is 228 g/mol. The number of nitrogens with two attached hydrogens (primary N) is 2. The first kappa shape index (κ1) is 11.3. The van der Waals surface area contributed by atoms with Gasteiger partial charge in [-0.2, -0.15) is 0 Å². The van der Waals surface area contributed by atoms with E-state index in [1.165, 1.54) is 0 Å². The fourth-order valence-electron chi connectivity index (χ4n) is 1.61. The Balaban J connectivity index is 2.04. The maximum Gasteiger partial charge on any atom is 0.119 e. The zero-order chi connectivity index (χ0) is 12.3. The van der Waals surface area contributed by atoms with Crippen LogP contribution in [0.1, 0.15) is 11.1 Å². The predicted molar refractivity (Wildman–Crippen MR) is 70.8 cm³/mol. The Hall–Kier alpha value is -2.16. The third kappa shape index (κ3) is 2.91. The van der Waals surface area contributed by atoms with Crippen molar-refractivity contribution in [1.29, 1.82) is 0 Å². The summed E-state index contributed by atoms with van der Waals surface area (Å²) in [6.45, 7) is 2.56. The first-order valence-corrected chi connectivity index (χ1v) is 5.48. The van der Waals surface area contributed by atoms with Crippen molar-refractivity contribution in [3.63, 3.8) is 0 Å². The van der Waals surface area contributed by atoms with Crippen LogP contribution in [0, 0.1) is 6.92 Å². The minimum Gasteiger partial charge on any atom is -0.489 e. The predicted octanol–water partition coefficient (Wildman–Crippen LogP) is 2.74. The van der Waals surface area contributed by atoms with Crippen molar-refractivity contribution < 1.29 is 4.74 Å². The molecule has 0 amide bonds. The van der Waals surface area contributed by atoms with Gasteiger partial charge in [0, 0.05) is 11.4 Å². The molecule has 0 unspecified atom stereocenters. The minimum absolute atomic E-state index is 0.538. The molecule has 0 atom stereocenters. The van der Waals surface area contributed by atoms with Gasteiger partial charge in [0.2, 0.25) is 0 Å². The Morgan fingerprint density at radius 2 is 1.59 bits per heavy atom. The number of anilines is 2. The smallest absolute Gasteiger partial charge is 0.119 e. The van der Waals surface area contributed by atoms with Crippen molar-refractivity contribution in [2.75, 3.05) is 11.5 Å². The molecule has 3 heteroatoms. The van der Waals surface area contributed by atoms with Crippen LogP contribution in [-0.2, 0) is 6.61 Å². The normalized spacial score (nSPS) is 10.2. The average molecular weight is 228 g/mol. The van der Waals surface area contributed by atoms with Crippen molar-refractivity contribution in [3.05, 3.63) is 53.6 Å². The van der Waals surface area contributed by atoms with E-state index < -0.39 is 0 Å². The largest absolute Gasteiger partial charge is 0.489 e. The van der Waals surface area contributed by atoms with Gasteiger partial charge in [-0.3, -0.25) is 0 Å². The highest BCUT2D eigenvalue weighted by molar-refractivity contribution is 5.44. The first-order valence-electron chi connectivity index (χ1n) is 5.48. The third-order valence-corrected chi connectivity index (χ3v) is 2.64. The van der Waals surface area contributed by atoms with Gasteiger partial charge in [-0.05, 0) is 54.4 Å². The highest BCUT2D eigenvalue weighted by atomic mass is 16.5. The lowest BCUT2D eigenvalue weighted by Crippen LogP contribution is -1.99. The summed E-state index contributed by atoms with van der Waals surface area (Å²) in [6.07, 6.45) is 0. The van der Waals surface area contributed by atoms with Crippen LogP contribution in [0.15, 0.2) is 42.5 Å². The van der Waals surface area contributed by atoms with Gasteiger partial charge < -0.3 is 16.2 Å². The van der Waals surface area contributed by atoms with Crippen molar-refractivity contribution in [1.82, 2.24) is 0 Å². The summed E-state index contributed by atoms with van der Waals surface area (Å²) < 4.78 is 5.67. The van der Waals surface area contributed by atoms with E-state index in [-0.39, 0.29) is 0 Å². The Bertz CT molecular complexity index is 506. The third-order valence-electron chi connectivity index (χ3n) is 2.64. The lowest BCUT2D eigenvalue weighted by molar-refractivity contribution is 0.305. The van der Waals surface area contributed by atoms with Crippen LogP contribution >= 0.6 is 0 Å². The van der Waals surface area contributed by atoms with Gasteiger partial charge in [-0.15, -0.1) is 0 Å². The Morgan fingerprint density at radius 1 is 0.941 bits per heavy atom. The number of rotatable bonds is 3. The molecule has 0 heterocycles. The Labute approximate surface area is 101 Å². The van der Waals surface area contributed by atoms with E-state index in [0.717, 1.165) is 28.3 Å². The highest BCUT2D eigenvalue weighted by Crippen LogP contribution is 2.17. The average Bonchev–Trinajstić information content (AvgIpc) is 2.30. The van der Waals surface area contributed by atoms with E-state index >= 15 is 0 Å². The van der Waals surface area contributed by atoms with E-state index in [1.54, 1.807) is 0 Å². The molecule has 0 aromatic heterocycles. The maximum absolute atomic E-state index is 5.70. The van der Waals surface area contributed by atoms with Gasteiger partial charge in [0.15, 0.2) is 0 Å². The van der Waals surface area contributed by atoms with Gasteiger partial charge in [0.25, 0.3) is 0 Å². The van der Waals surface area contributed by atoms with Gasteiger partial charge in [0.05, 0.1) is 0 Å². The van der Waals surface area contributed by atoms with Gasteiger partial charge in [-0.25, -0.2) is 0 Å². The lowest BCUT2D eigenvalue weighted by atomic mass is 10.1. The molecule has 2 aromatic rings. The number of aryl methyl sites for hydroxylation is 1. The SMILES string of the molecule is Cc1cc(N)ccc1COc1ccc(N)cc1. The molecule has 88 valence electrons. The van der Waals surface area contributed by atoms with Crippen molar-refractivity contribution >= 4 is 11.4 Å². The Morgan fingerprint density at radius 3 is 2.24 bits per heavy atom. The molecule has 0 spiro atoms. The van der Waals surface area contributed by atoms with Crippen molar-refractivity contribution in [2.24, 2.45) is 0 Å². The number of hydrogen-bond acceptors (Lipinski definition) is 3. The molecule has 3 nitrogen and oxygen atoms in total. The molecular formula is C14H16N2O. The van der Waals surface area contributed by atoms with E-state index in [9.17, 15) is 0 Å². The first-order chi connectivity index (χ1) is 8.15. The fourth-order valence-corrected chi connectivity index (χ4v) is 1.61. The molecule has 0 bridgehead atoms. The molecule has 17 heavy (non-hydrogen) atoms. The minimum atomic E-state index is 0.538. The summed E-state index contributed by atoms with van der Waals surface area (Å²) in [5, 5.41) is 0. The Kier molecular flexibility index (Phi) is 3.19. The standard InChI is InChI=1S/C14H16N2O/c1-10-8-13(16)3-2-11(10)9-17-14-6-4-12(15)5-7-14/h2-8H,9,15-16H2,1H3. The molecule has 0 saturated carbocycles. The second kappa shape index (κ2) is 4.78. The second-order valence-electron chi connectivity index (χ2n) is 4.04. The molecule has 2 rings (SSSR count). The molecule has 0 aliphatic rings. The summed E-state index contributed by atoms with van der Waals surface area (Å²) in [4.78, 5) is 0. The number of nitrogen functional groups attached to an aromatic ring is 2. The van der Waals surface area contributed by atoms with E-state index in [0.29, 0.717) is 6.61 Å². The van der Waals surface area contributed by atoms with Crippen LogP contribution in [0.4, 0.5) is 11.4 Å². The molecule has 0 aliphatic heterocycles. The maximum atomic E-state index is 5.70. The van der Waals surface area contributed by atoms with Crippen LogP contribution in [0.25, 0.3) is 0 Å². The van der Waals surface area contributed by atoms with Crippen LogP contribution in [-0.4, -0.2) is 0 Å². The van der Waals surface area contributed by atoms with Gasteiger partial charge in [0.1, 0.15) is 12.4 Å². The zero-order valence-corrected chi connectivity index (χ0v) is 9.81. The molecule has 0 saturated heterocycles. The van der Waals surface area contributed by atoms with Crippen LogP contribution in [0.2, 0.25) is 0 Å². The number of benzene rings is 2. The molecule has 0 fully saturated rings. The number of ether oxygens (including phenoxy) is 1. The summed E-state index contributed by atoms with van der Waals surface area (Å²) in [5.41, 5.74) is 15.1. The molecular weight excluding hydrogens is 212 g/mol. The van der Waals surface area contributed by atoms with Crippen LogP contribution in [0.5, 0.6) is 5.75 Å². The summed E-state index contributed by atoms with van der Waals surface area (Å²) >= 11 is 0. The zero-order valence-electron chi connectivity index (χ0n) is 9.81. The summed E-state index contributed by atoms with van der Waals surface area (Å²) in [5.74, 6) is 0.815. The topological polar surface area (TPSA) is 61.3 Å². The summed E-state index contributed by atoms with van der Waals surface area (Å²) in [7, 11) is 0. The molecule has 0 aliphatic carbocycles. The number of hydrogen-bond donors (Lipinski definition) is 2. The van der Waals surface area contributed by atoms with Crippen molar-refractivity contribution in [2.45, 2.75) is 13.5 Å².